The number of hydrogen-bond donors (Lipinski definition) is 1. The molecular weight excluding hydrogens is 242 g/mol. The monoisotopic (exact) mass is 255 g/mol. The molecule has 6 heteroatoms. The molecule has 2 heterocycles. The summed E-state index contributed by atoms with van der Waals surface area (Å²) in [5.41, 5.74) is 7.50. The van der Waals surface area contributed by atoms with Gasteiger partial charge in [-0.1, -0.05) is 17.3 Å². The topological polar surface area (TPSA) is 82.8 Å². The van der Waals surface area contributed by atoms with E-state index in [4.69, 9.17) is 10.3 Å². The molecule has 0 unspecified atom stereocenters. The highest BCUT2D eigenvalue weighted by molar-refractivity contribution is 5.43. The van der Waals surface area contributed by atoms with E-state index in [0.29, 0.717) is 24.0 Å². The molecule has 0 amide bonds. The Balaban J connectivity index is 1.84. The number of hydrogen-bond acceptors (Lipinski definition) is 5. The molecule has 1 aromatic carbocycles. The Bertz CT molecular complexity index is 700. The Morgan fingerprint density at radius 1 is 1.37 bits per heavy atom. The molecule has 0 saturated carbocycles. The first-order valence-electron chi connectivity index (χ1n) is 5.87. The second kappa shape index (κ2) is 4.56. The lowest BCUT2D eigenvalue weighted by Gasteiger charge is -1.97. The third kappa shape index (κ3) is 2.33. The van der Waals surface area contributed by atoms with E-state index < -0.39 is 0 Å². The highest BCUT2D eigenvalue weighted by atomic mass is 16.5. The molecule has 6 nitrogen and oxygen atoms in total. The lowest BCUT2D eigenvalue weighted by Crippen LogP contribution is -1.94. The Morgan fingerprint density at radius 2 is 2.26 bits per heavy atom. The van der Waals surface area contributed by atoms with E-state index in [1.165, 1.54) is 0 Å². The minimum Gasteiger partial charge on any atom is -0.399 e. The summed E-state index contributed by atoms with van der Waals surface area (Å²) in [6.45, 7) is 0. The standard InChI is InChI=1S/C13H13N5O/c1-18-6-5-15-13(18)12-16-11(19-17-12)8-9-3-2-4-10(14)7-9/h2-7H,8,14H2,1H3. The third-order valence-electron chi connectivity index (χ3n) is 2.80. The van der Waals surface area contributed by atoms with Gasteiger partial charge < -0.3 is 14.8 Å². The summed E-state index contributed by atoms with van der Waals surface area (Å²) in [4.78, 5) is 8.52. The number of imidazole rings is 1. The van der Waals surface area contributed by atoms with Crippen LogP contribution in [0.3, 0.4) is 0 Å². The van der Waals surface area contributed by atoms with Gasteiger partial charge in [-0.25, -0.2) is 4.98 Å². The van der Waals surface area contributed by atoms with Crippen molar-refractivity contribution in [1.29, 1.82) is 0 Å². The first kappa shape index (κ1) is 11.5. The number of anilines is 1. The van der Waals surface area contributed by atoms with Crippen LogP contribution in [0.5, 0.6) is 0 Å². The molecular formula is C13H13N5O. The molecule has 3 rings (SSSR count). The van der Waals surface area contributed by atoms with Crippen molar-refractivity contribution in [3.63, 3.8) is 0 Å². The molecule has 2 N–H and O–H groups in total. The van der Waals surface area contributed by atoms with Crippen LogP contribution in [0.25, 0.3) is 11.6 Å². The summed E-state index contributed by atoms with van der Waals surface area (Å²) in [7, 11) is 1.89. The summed E-state index contributed by atoms with van der Waals surface area (Å²) in [6.07, 6.45) is 4.09. The Labute approximate surface area is 109 Å². The molecule has 19 heavy (non-hydrogen) atoms. The molecule has 2 aromatic heterocycles. The summed E-state index contributed by atoms with van der Waals surface area (Å²) < 4.78 is 7.07. The Kier molecular flexibility index (Phi) is 2.75. The normalized spacial score (nSPS) is 10.8. The summed E-state index contributed by atoms with van der Waals surface area (Å²) in [5.74, 6) is 1.72. The lowest BCUT2D eigenvalue weighted by molar-refractivity contribution is 0.385. The van der Waals surface area contributed by atoms with Crippen LogP contribution in [0.15, 0.2) is 41.2 Å². The van der Waals surface area contributed by atoms with E-state index in [9.17, 15) is 0 Å². The smallest absolute Gasteiger partial charge is 0.238 e. The van der Waals surface area contributed by atoms with Gasteiger partial charge in [-0.05, 0) is 17.7 Å². The fraction of sp³-hybridized carbons (Fsp3) is 0.154. The van der Waals surface area contributed by atoms with Crippen LogP contribution in [0.2, 0.25) is 0 Å². The Morgan fingerprint density at radius 3 is 3.00 bits per heavy atom. The third-order valence-corrected chi connectivity index (χ3v) is 2.80. The first-order chi connectivity index (χ1) is 9.22. The van der Waals surface area contributed by atoms with Crippen molar-refractivity contribution < 1.29 is 4.52 Å². The number of nitrogens with zero attached hydrogens (tertiary/aromatic N) is 4. The van der Waals surface area contributed by atoms with Gasteiger partial charge in [-0.2, -0.15) is 4.98 Å². The quantitative estimate of drug-likeness (QED) is 0.719. The van der Waals surface area contributed by atoms with Crippen LogP contribution in [-0.4, -0.2) is 19.7 Å². The molecule has 0 saturated heterocycles. The first-order valence-corrected chi connectivity index (χ1v) is 5.87. The molecule has 0 aliphatic carbocycles. The summed E-state index contributed by atoms with van der Waals surface area (Å²) in [6, 6.07) is 7.61. The van der Waals surface area contributed by atoms with E-state index in [1.54, 1.807) is 6.20 Å². The fourth-order valence-corrected chi connectivity index (χ4v) is 1.88. The number of nitrogen functional groups attached to an aromatic ring is 1. The van der Waals surface area contributed by atoms with Gasteiger partial charge in [0.05, 0.1) is 6.42 Å². The van der Waals surface area contributed by atoms with Crippen LogP contribution >= 0.6 is 0 Å². The molecule has 96 valence electrons. The SMILES string of the molecule is Cn1ccnc1-c1noc(Cc2cccc(N)c2)n1. The number of aromatic nitrogens is 4. The highest BCUT2D eigenvalue weighted by Gasteiger charge is 2.12. The van der Waals surface area contributed by atoms with E-state index in [1.807, 2.05) is 42.1 Å². The number of rotatable bonds is 3. The van der Waals surface area contributed by atoms with Crippen molar-refractivity contribution in [1.82, 2.24) is 19.7 Å². The lowest BCUT2D eigenvalue weighted by atomic mass is 10.1. The van der Waals surface area contributed by atoms with E-state index in [0.717, 1.165) is 11.3 Å². The van der Waals surface area contributed by atoms with Gasteiger partial charge >= 0.3 is 0 Å². The number of benzene rings is 1. The minimum atomic E-state index is 0.492. The van der Waals surface area contributed by atoms with E-state index in [-0.39, 0.29) is 0 Å². The fourth-order valence-electron chi connectivity index (χ4n) is 1.88. The van der Waals surface area contributed by atoms with Gasteiger partial charge in [0.25, 0.3) is 0 Å². The molecule has 0 aliphatic heterocycles. The second-order valence-corrected chi connectivity index (χ2v) is 4.30. The van der Waals surface area contributed by atoms with E-state index >= 15 is 0 Å². The zero-order valence-electron chi connectivity index (χ0n) is 10.4. The van der Waals surface area contributed by atoms with E-state index in [2.05, 4.69) is 15.1 Å². The molecule has 0 bridgehead atoms. The summed E-state index contributed by atoms with van der Waals surface area (Å²) >= 11 is 0. The van der Waals surface area contributed by atoms with Crippen molar-refractivity contribution in [3.8, 4) is 11.6 Å². The maximum atomic E-state index is 5.73. The van der Waals surface area contributed by atoms with Crippen molar-refractivity contribution in [2.24, 2.45) is 7.05 Å². The molecule has 0 aliphatic rings. The molecule has 0 radical (unpaired) electrons. The predicted octanol–water partition coefficient (Wildman–Crippen LogP) is 1.64. The van der Waals surface area contributed by atoms with Gasteiger partial charge in [0.15, 0.2) is 5.82 Å². The van der Waals surface area contributed by atoms with Crippen molar-refractivity contribution >= 4 is 5.69 Å². The maximum Gasteiger partial charge on any atom is 0.238 e. The van der Waals surface area contributed by atoms with Gasteiger partial charge in [-0.3, -0.25) is 0 Å². The molecule has 3 aromatic rings. The Hall–Kier alpha value is -2.63. The number of aryl methyl sites for hydroxylation is 1. The minimum absolute atomic E-state index is 0.492. The van der Waals surface area contributed by atoms with Crippen LogP contribution in [-0.2, 0) is 13.5 Å². The average Bonchev–Trinajstić information content (AvgIpc) is 2.98. The van der Waals surface area contributed by atoms with Gasteiger partial charge in [-0.15, -0.1) is 0 Å². The zero-order chi connectivity index (χ0) is 13.2. The molecule has 0 spiro atoms. The van der Waals surface area contributed by atoms with Crippen LogP contribution < -0.4 is 5.73 Å². The van der Waals surface area contributed by atoms with Gasteiger partial charge in [0, 0.05) is 25.1 Å². The van der Waals surface area contributed by atoms with Gasteiger partial charge in [0.2, 0.25) is 11.7 Å². The predicted molar refractivity (Wildman–Crippen MR) is 70.2 cm³/mol. The summed E-state index contributed by atoms with van der Waals surface area (Å²) in [5, 5.41) is 3.94. The highest BCUT2D eigenvalue weighted by Crippen LogP contribution is 2.15. The van der Waals surface area contributed by atoms with Crippen molar-refractivity contribution in [2.45, 2.75) is 6.42 Å². The maximum absolute atomic E-state index is 5.73. The largest absolute Gasteiger partial charge is 0.399 e. The van der Waals surface area contributed by atoms with Gasteiger partial charge in [0.1, 0.15) is 0 Å². The van der Waals surface area contributed by atoms with Crippen molar-refractivity contribution in [3.05, 3.63) is 48.1 Å². The zero-order valence-corrected chi connectivity index (χ0v) is 10.4. The second-order valence-electron chi connectivity index (χ2n) is 4.30. The van der Waals surface area contributed by atoms with Crippen LogP contribution in [0.4, 0.5) is 5.69 Å². The molecule has 0 atom stereocenters. The average molecular weight is 255 g/mol. The number of nitrogens with two attached hydrogens (primary N) is 1. The van der Waals surface area contributed by atoms with Crippen molar-refractivity contribution in [2.75, 3.05) is 5.73 Å². The van der Waals surface area contributed by atoms with Crippen LogP contribution in [0.1, 0.15) is 11.5 Å². The molecule has 0 fully saturated rings. The van der Waals surface area contributed by atoms with Crippen LogP contribution in [0, 0.1) is 0 Å².